The van der Waals surface area contributed by atoms with Crippen LogP contribution in [-0.4, -0.2) is 36.0 Å². The molecule has 0 aromatic rings. The lowest BCUT2D eigenvalue weighted by molar-refractivity contribution is -0.130. The summed E-state index contributed by atoms with van der Waals surface area (Å²) in [5.41, 5.74) is 0. The Balaban J connectivity index is 0.00000200. The number of nitrogens with zero attached hydrogens (tertiary/aromatic N) is 3. The predicted molar refractivity (Wildman–Crippen MR) is 77.0 cm³/mol. The topological polar surface area (TPSA) is 79.9 Å². The van der Waals surface area contributed by atoms with Crippen LogP contribution in [0.25, 0.3) is 0 Å². The van der Waals surface area contributed by atoms with Crippen LogP contribution in [0.5, 0.6) is 0 Å². The Hall–Kier alpha value is -1.30. The van der Waals surface area contributed by atoms with Crippen LogP contribution in [0.3, 0.4) is 0 Å². The van der Waals surface area contributed by atoms with Crippen LogP contribution in [-0.2, 0) is 4.79 Å². The van der Waals surface area contributed by atoms with E-state index in [1.807, 2.05) is 0 Å². The van der Waals surface area contributed by atoms with Gasteiger partial charge >= 0.3 is 0 Å². The highest BCUT2D eigenvalue weighted by Gasteiger charge is 2.29. The number of likely N-dealkylation sites (tertiary alicyclic amines) is 1. The largest absolute Gasteiger partial charge is 0.326 e. The molecular weight excluding hydrogens is 276 g/mol. The van der Waals surface area contributed by atoms with Crippen molar-refractivity contribution in [2.45, 2.75) is 50.6 Å². The molecule has 2 aliphatic rings. The number of nitriles is 2. The standard InChI is InChI=1S/C14H20N4O.ClH/c15-6-5-11-3-4-12(8-11)17-10-14(19)18-7-1-2-13(18)9-16;/h11-13,17H,1-5,7-8,10H2;1H/t11-,12-,13+;/m1./s1. The molecule has 1 aliphatic heterocycles. The van der Waals surface area contributed by atoms with Crippen LogP contribution in [0.2, 0.25) is 0 Å². The van der Waals surface area contributed by atoms with Gasteiger partial charge in [0, 0.05) is 19.0 Å². The Morgan fingerprint density at radius 2 is 2.10 bits per heavy atom. The average Bonchev–Trinajstić information content (AvgIpc) is 3.05. The van der Waals surface area contributed by atoms with Crippen molar-refractivity contribution in [1.29, 1.82) is 10.5 Å². The van der Waals surface area contributed by atoms with Gasteiger partial charge in [0.05, 0.1) is 18.7 Å². The van der Waals surface area contributed by atoms with Gasteiger partial charge in [0.1, 0.15) is 6.04 Å². The third-order valence-corrected chi connectivity index (χ3v) is 4.19. The molecule has 0 aromatic heterocycles. The predicted octanol–water partition coefficient (Wildman–Crippen LogP) is 1.59. The van der Waals surface area contributed by atoms with Crippen molar-refractivity contribution >= 4 is 18.3 Å². The van der Waals surface area contributed by atoms with E-state index in [2.05, 4.69) is 17.5 Å². The number of hydrogen-bond acceptors (Lipinski definition) is 4. The Kier molecular flexibility index (Phi) is 6.78. The number of amides is 1. The second kappa shape index (κ2) is 8.09. The second-order valence-electron chi connectivity index (χ2n) is 5.49. The third-order valence-electron chi connectivity index (χ3n) is 4.19. The van der Waals surface area contributed by atoms with Gasteiger partial charge in [-0.1, -0.05) is 0 Å². The SMILES string of the molecule is Cl.N#CC[C@H]1CC[C@@H](NCC(=O)N2CCC[C@H]2C#N)C1. The normalized spacial score (nSPS) is 28.5. The van der Waals surface area contributed by atoms with Crippen molar-refractivity contribution in [3.05, 3.63) is 0 Å². The molecule has 0 spiro atoms. The maximum atomic E-state index is 12.0. The van der Waals surface area contributed by atoms with E-state index in [1.54, 1.807) is 4.90 Å². The first kappa shape index (κ1) is 16.8. The third kappa shape index (κ3) is 4.10. The molecule has 1 aliphatic carbocycles. The minimum absolute atomic E-state index is 0. The molecule has 0 radical (unpaired) electrons. The first-order valence-corrected chi connectivity index (χ1v) is 7.04. The van der Waals surface area contributed by atoms with Gasteiger partial charge in [-0.15, -0.1) is 12.4 Å². The molecule has 2 rings (SSSR count). The minimum atomic E-state index is -0.232. The van der Waals surface area contributed by atoms with Crippen LogP contribution in [0, 0.1) is 28.6 Å². The van der Waals surface area contributed by atoms with Crippen molar-refractivity contribution in [1.82, 2.24) is 10.2 Å². The summed E-state index contributed by atoms with van der Waals surface area (Å²) < 4.78 is 0. The lowest BCUT2D eigenvalue weighted by Crippen LogP contribution is -2.42. The van der Waals surface area contributed by atoms with Gasteiger partial charge in [-0.2, -0.15) is 10.5 Å². The van der Waals surface area contributed by atoms with E-state index in [0.29, 0.717) is 31.5 Å². The summed E-state index contributed by atoms with van der Waals surface area (Å²) in [4.78, 5) is 13.7. The van der Waals surface area contributed by atoms with E-state index in [9.17, 15) is 4.79 Å². The molecule has 1 saturated carbocycles. The molecule has 0 aromatic carbocycles. The van der Waals surface area contributed by atoms with Crippen LogP contribution in [0.1, 0.15) is 38.5 Å². The van der Waals surface area contributed by atoms with Crippen LogP contribution < -0.4 is 5.32 Å². The molecule has 5 nitrogen and oxygen atoms in total. The molecule has 6 heteroatoms. The van der Waals surface area contributed by atoms with Crippen LogP contribution in [0.15, 0.2) is 0 Å². The number of halogens is 1. The molecule has 1 N–H and O–H groups in total. The lowest BCUT2D eigenvalue weighted by Gasteiger charge is -2.21. The fourth-order valence-corrected chi connectivity index (χ4v) is 3.11. The molecule has 1 saturated heterocycles. The molecular formula is C14H21ClN4O. The van der Waals surface area contributed by atoms with Gasteiger partial charge in [0.25, 0.3) is 0 Å². The Labute approximate surface area is 126 Å². The number of rotatable bonds is 4. The zero-order chi connectivity index (χ0) is 13.7. The molecule has 2 fully saturated rings. The van der Waals surface area contributed by atoms with E-state index < -0.39 is 0 Å². The van der Waals surface area contributed by atoms with Gasteiger partial charge in [-0.25, -0.2) is 0 Å². The Morgan fingerprint density at radius 3 is 2.80 bits per heavy atom. The Morgan fingerprint density at radius 1 is 1.30 bits per heavy atom. The highest BCUT2D eigenvalue weighted by atomic mass is 35.5. The van der Waals surface area contributed by atoms with E-state index in [0.717, 1.165) is 32.1 Å². The van der Waals surface area contributed by atoms with Crippen molar-refractivity contribution in [3.8, 4) is 12.1 Å². The number of hydrogen-bond donors (Lipinski definition) is 1. The van der Waals surface area contributed by atoms with Crippen molar-refractivity contribution in [2.24, 2.45) is 5.92 Å². The average molecular weight is 297 g/mol. The van der Waals surface area contributed by atoms with Gasteiger partial charge in [-0.05, 0) is 38.0 Å². The molecule has 1 heterocycles. The number of carbonyl (C=O) groups is 1. The van der Waals surface area contributed by atoms with Gasteiger partial charge in [0.15, 0.2) is 0 Å². The summed E-state index contributed by atoms with van der Waals surface area (Å²) in [5, 5.41) is 20.9. The van der Waals surface area contributed by atoms with Crippen molar-refractivity contribution in [2.75, 3.05) is 13.1 Å². The van der Waals surface area contributed by atoms with E-state index in [-0.39, 0.29) is 24.4 Å². The van der Waals surface area contributed by atoms with Crippen LogP contribution in [0.4, 0.5) is 0 Å². The fourth-order valence-electron chi connectivity index (χ4n) is 3.11. The monoisotopic (exact) mass is 296 g/mol. The molecule has 110 valence electrons. The zero-order valence-corrected chi connectivity index (χ0v) is 12.4. The van der Waals surface area contributed by atoms with Crippen molar-refractivity contribution in [3.63, 3.8) is 0 Å². The van der Waals surface area contributed by atoms with E-state index in [4.69, 9.17) is 10.5 Å². The summed E-state index contributed by atoms with van der Waals surface area (Å²) in [6, 6.07) is 4.52. The lowest BCUT2D eigenvalue weighted by atomic mass is 10.1. The molecule has 0 unspecified atom stereocenters. The summed E-state index contributed by atoms with van der Waals surface area (Å²) >= 11 is 0. The first-order chi connectivity index (χ1) is 9.24. The maximum Gasteiger partial charge on any atom is 0.237 e. The summed E-state index contributed by atoms with van der Waals surface area (Å²) in [6.45, 7) is 1.03. The first-order valence-electron chi connectivity index (χ1n) is 7.04. The second-order valence-corrected chi connectivity index (χ2v) is 5.49. The maximum absolute atomic E-state index is 12.0. The van der Waals surface area contributed by atoms with Gasteiger partial charge in [0.2, 0.25) is 5.91 Å². The quantitative estimate of drug-likeness (QED) is 0.854. The van der Waals surface area contributed by atoms with Crippen molar-refractivity contribution < 1.29 is 4.79 Å². The summed E-state index contributed by atoms with van der Waals surface area (Å²) in [5.74, 6) is 0.518. The number of nitrogens with one attached hydrogen (secondary N) is 1. The smallest absolute Gasteiger partial charge is 0.237 e. The molecule has 3 atom stereocenters. The Bertz CT molecular complexity index is 414. The highest BCUT2D eigenvalue weighted by molar-refractivity contribution is 5.85. The summed E-state index contributed by atoms with van der Waals surface area (Å²) in [7, 11) is 0. The number of carbonyl (C=O) groups excluding carboxylic acids is 1. The van der Waals surface area contributed by atoms with Gasteiger partial charge in [-0.3, -0.25) is 4.79 Å². The highest BCUT2D eigenvalue weighted by Crippen LogP contribution is 2.27. The van der Waals surface area contributed by atoms with E-state index in [1.165, 1.54) is 0 Å². The zero-order valence-electron chi connectivity index (χ0n) is 11.5. The minimum Gasteiger partial charge on any atom is -0.326 e. The van der Waals surface area contributed by atoms with Crippen LogP contribution >= 0.6 is 12.4 Å². The molecule has 20 heavy (non-hydrogen) atoms. The fraction of sp³-hybridized carbons (Fsp3) is 0.786. The van der Waals surface area contributed by atoms with Gasteiger partial charge < -0.3 is 10.2 Å². The molecule has 0 bridgehead atoms. The summed E-state index contributed by atoms with van der Waals surface area (Å²) in [6.07, 6.45) is 5.45. The van der Waals surface area contributed by atoms with E-state index >= 15 is 0 Å². The molecule has 1 amide bonds.